The van der Waals surface area contributed by atoms with Crippen molar-refractivity contribution in [2.24, 2.45) is 11.7 Å². The fourth-order valence-electron chi connectivity index (χ4n) is 4.08. The molecular weight excluding hydrogens is 427 g/mol. The normalized spacial score (nSPS) is 21.9. The van der Waals surface area contributed by atoms with Crippen molar-refractivity contribution in [3.63, 3.8) is 0 Å². The van der Waals surface area contributed by atoms with Gasteiger partial charge in [-0.3, -0.25) is 9.59 Å². The second kappa shape index (κ2) is 8.91. The van der Waals surface area contributed by atoms with Gasteiger partial charge in [0.15, 0.2) is 0 Å². The van der Waals surface area contributed by atoms with Gasteiger partial charge in [0.25, 0.3) is 5.91 Å². The monoisotopic (exact) mass is 450 g/mol. The van der Waals surface area contributed by atoms with Gasteiger partial charge in [-0.05, 0) is 43.2 Å². The van der Waals surface area contributed by atoms with Crippen LogP contribution in [0.2, 0.25) is 4.34 Å². The quantitative estimate of drug-likeness (QED) is 0.733. The van der Waals surface area contributed by atoms with Crippen LogP contribution in [0.3, 0.4) is 0 Å². The lowest BCUT2D eigenvalue weighted by atomic mass is 10.1. The molecule has 3 heterocycles. The second-order valence-electron chi connectivity index (χ2n) is 7.87. The highest BCUT2D eigenvalue weighted by atomic mass is 35.5. The Kier molecular flexibility index (Phi) is 6.26. The number of amides is 2. The Labute approximate surface area is 183 Å². The molecule has 2 unspecified atom stereocenters. The van der Waals surface area contributed by atoms with Crippen molar-refractivity contribution >= 4 is 46.1 Å². The Morgan fingerprint density at radius 3 is 2.83 bits per heavy atom. The number of carbonyl (C=O) groups is 2. The van der Waals surface area contributed by atoms with E-state index in [1.807, 2.05) is 4.90 Å². The van der Waals surface area contributed by atoms with Crippen LogP contribution in [-0.2, 0) is 4.79 Å². The molecule has 2 aromatic rings. The Morgan fingerprint density at radius 1 is 1.30 bits per heavy atom. The molecule has 1 aromatic carbocycles. The van der Waals surface area contributed by atoms with Gasteiger partial charge in [0.1, 0.15) is 5.82 Å². The number of halogens is 2. The minimum absolute atomic E-state index is 0.0280. The molecule has 0 bridgehead atoms. The van der Waals surface area contributed by atoms with Crippen molar-refractivity contribution in [2.45, 2.75) is 25.3 Å². The Morgan fingerprint density at radius 2 is 2.13 bits per heavy atom. The van der Waals surface area contributed by atoms with E-state index in [-0.39, 0.29) is 29.6 Å². The number of nitrogens with two attached hydrogens (primary N) is 1. The van der Waals surface area contributed by atoms with E-state index in [2.05, 4.69) is 5.32 Å². The van der Waals surface area contributed by atoms with Crippen molar-refractivity contribution in [3.05, 3.63) is 45.4 Å². The summed E-state index contributed by atoms with van der Waals surface area (Å²) in [5.74, 6) is -0.645. The molecule has 160 valence electrons. The van der Waals surface area contributed by atoms with E-state index >= 15 is 0 Å². The number of hydrogen-bond donors (Lipinski definition) is 2. The number of rotatable bonds is 5. The maximum atomic E-state index is 14.8. The zero-order valence-corrected chi connectivity index (χ0v) is 18.0. The van der Waals surface area contributed by atoms with E-state index in [1.54, 1.807) is 29.2 Å². The van der Waals surface area contributed by atoms with Gasteiger partial charge in [0, 0.05) is 50.2 Å². The molecule has 0 spiro atoms. The lowest BCUT2D eigenvalue weighted by Crippen LogP contribution is -2.43. The highest BCUT2D eigenvalue weighted by Gasteiger charge is 2.31. The molecule has 2 saturated heterocycles. The van der Waals surface area contributed by atoms with Gasteiger partial charge in [-0.2, -0.15) is 0 Å². The van der Waals surface area contributed by atoms with Gasteiger partial charge in [0.05, 0.1) is 14.9 Å². The topological polar surface area (TPSA) is 78.7 Å². The van der Waals surface area contributed by atoms with Crippen LogP contribution in [0.4, 0.5) is 15.8 Å². The Hall–Kier alpha value is -2.16. The average Bonchev–Trinajstić information content (AvgIpc) is 3.31. The lowest BCUT2D eigenvalue weighted by Gasteiger charge is -2.33. The summed E-state index contributed by atoms with van der Waals surface area (Å²) in [6.45, 7) is 2.24. The number of benzene rings is 1. The molecule has 2 amide bonds. The molecule has 2 atom stereocenters. The van der Waals surface area contributed by atoms with Crippen LogP contribution in [-0.4, -0.2) is 44.0 Å². The van der Waals surface area contributed by atoms with E-state index in [4.69, 9.17) is 17.3 Å². The smallest absolute Gasteiger partial charge is 0.261 e. The van der Waals surface area contributed by atoms with E-state index in [0.29, 0.717) is 46.6 Å². The second-order valence-corrected chi connectivity index (χ2v) is 9.59. The van der Waals surface area contributed by atoms with Crippen molar-refractivity contribution in [1.82, 2.24) is 5.32 Å². The number of piperidine rings is 1. The van der Waals surface area contributed by atoms with Crippen molar-refractivity contribution in [2.75, 3.05) is 36.0 Å². The average molecular weight is 451 g/mol. The number of nitrogens with zero attached hydrogens (tertiary/aromatic N) is 2. The molecular formula is C21H24ClFN4O2S. The van der Waals surface area contributed by atoms with Gasteiger partial charge < -0.3 is 20.9 Å². The van der Waals surface area contributed by atoms with Crippen LogP contribution >= 0.6 is 22.9 Å². The summed E-state index contributed by atoms with van der Waals surface area (Å²) in [5.41, 5.74) is 7.08. The first-order chi connectivity index (χ1) is 14.4. The number of hydrogen-bond acceptors (Lipinski definition) is 5. The molecule has 4 rings (SSSR count). The van der Waals surface area contributed by atoms with Crippen molar-refractivity contribution in [3.8, 4) is 0 Å². The molecule has 3 N–H and O–H groups in total. The van der Waals surface area contributed by atoms with Crippen LogP contribution in [0.1, 0.15) is 28.9 Å². The lowest BCUT2D eigenvalue weighted by molar-refractivity contribution is -0.117. The third-order valence-electron chi connectivity index (χ3n) is 5.59. The van der Waals surface area contributed by atoms with E-state index in [9.17, 15) is 14.0 Å². The minimum atomic E-state index is -0.347. The Bertz CT molecular complexity index is 953. The molecule has 2 fully saturated rings. The summed E-state index contributed by atoms with van der Waals surface area (Å²) in [4.78, 5) is 28.8. The molecule has 0 saturated carbocycles. The van der Waals surface area contributed by atoms with Crippen LogP contribution in [0, 0.1) is 11.7 Å². The molecule has 6 nitrogen and oxygen atoms in total. The maximum absolute atomic E-state index is 14.8. The number of thiophene rings is 1. The third-order valence-corrected chi connectivity index (χ3v) is 6.82. The summed E-state index contributed by atoms with van der Waals surface area (Å²) in [6, 6.07) is 8.34. The predicted molar refractivity (Wildman–Crippen MR) is 118 cm³/mol. The molecule has 1 aromatic heterocycles. The fraction of sp³-hybridized carbons (Fsp3) is 0.429. The molecule has 2 aliphatic heterocycles. The van der Waals surface area contributed by atoms with Crippen molar-refractivity contribution in [1.29, 1.82) is 0 Å². The highest BCUT2D eigenvalue weighted by Crippen LogP contribution is 2.30. The number of carbonyl (C=O) groups excluding carboxylic acids is 2. The maximum Gasteiger partial charge on any atom is 0.261 e. The number of anilines is 2. The predicted octanol–water partition coefficient (Wildman–Crippen LogP) is 3.25. The first kappa shape index (κ1) is 21.1. The minimum Gasteiger partial charge on any atom is -0.368 e. The van der Waals surface area contributed by atoms with Crippen molar-refractivity contribution < 1.29 is 14.0 Å². The van der Waals surface area contributed by atoms with Gasteiger partial charge in [0.2, 0.25) is 5.91 Å². The number of nitrogens with one attached hydrogen (secondary N) is 1. The SMILES string of the molecule is NC1CCCN(c2ccc(N3CC(CNC(=O)c4ccc(Cl)s4)CC3=O)cc2F)C1. The standard InChI is InChI=1S/C21H24ClFN4O2S/c22-19-6-5-18(30-19)21(29)25-10-13-8-20(28)27(11-13)15-3-4-17(16(23)9-15)26-7-1-2-14(24)12-26/h3-6,9,13-14H,1-2,7-8,10-12,24H2,(H,25,29). The first-order valence-corrected chi connectivity index (χ1v) is 11.2. The molecule has 0 radical (unpaired) electrons. The zero-order valence-electron chi connectivity index (χ0n) is 16.4. The third kappa shape index (κ3) is 4.61. The van der Waals surface area contributed by atoms with Crippen LogP contribution < -0.4 is 20.9 Å². The largest absolute Gasteiger partial charge is 0.368 e. The van der Waals surface area contributed by atoms with Gasteiger partial charge in [-0.1, -0.05) is 11.6 Å². The summed E-state index contributed by atoms with van der Waals surface area (Å²) >= 11 is 7.08. The molecule has 30 heavy (non-hydrogen) atoms. The van der Waals surface area contributed by atoms with E-state index < -0.39 is 0 Å². The first-order valence-electron chi connectivity index (χ1n) is 10.0. The molecule has 2 aliphatic rings. The summed E-state index contributed by atoms with van der Waals surface area (Å²) in [5, 5.41) is 2.86. The zero-order chi connectivity index (χ0) is 21.3. The summed E-state index contributed by atoms with van der Waals surface area (Å²) in [7, 11) is 0. The summed E-state index contributed by atoms with van der Waals surface area (Å²) in [6.07, 6.45) is 2.21. The fourth-order valence-corrected chi connectivity index (χ4v) is 5.04. The summed E-state index contributed by atoms with van der Waals surface area (Å²) < 4.78 is 15.4. The van der Waals surface area contributed by atoms with E-state index in [0.717, 1.165) is 19.4 Å². The molecule has 9 heteroatoms. The molecule has 0 aliphatic carbocycles. The van der Waals surface area contributed by atoms with Crippen LogP contribution in [0.25, 0.3) is 0 Å². The van der Waals surface area contributed by atoms with Crippen LogP contribution in [0.15, 0.2) is 30.3 Å². The van der Waals surface area contributed by atoms with Gasteiger partial charge >= 0.3 is 0 Å². The van der Waals surface area contributed by atoms with Crippen LogP contribution in [0.5, 0.6) is 0 Å². The van der Waals surface area contributed by atoms with Gasteiger partial charge in [-0.15, -0.1) is 11.3 Å². The van der Waals surface area contributed by atoms with Gasteiger partial charge in [-0.25, -0.2) is 4.39 Å². The Balaban J connectivity index is 1.38. The highest BCUT2D eigenvalue weighted by molar-refractivity contribution is 7.18. The van der Waals surface area contributed by atoms with E-state index in [1.165, 1.54) is 17.4 Å².